The van der Waals surface area contributed by atoms with Gasteiger partial charge in [0, 0.05) is 51.0 Å². The molecule has 1 heterocycles. The third kappa shape index (κ3) is 4.39. The third-order valence-corrected chi connectivity index (χ3v) is 3.82. The maximum Gasteiger partial charge on any atom is 0.120 e. The van der Waals surface area contributed by atoms with Crippen molar-refractivity contribution in [2.75, 3.05) is 57.8 Å². The zero-order valence-corrected chi connectivity index (χ0v) is 12.8. The summed E-state index contributed by atoms with van der Waals surface area (Å²) >= 11 is 0. The molecule has 1 aliphatic rings. The first-order valence-electron chi connectivity index (χ1n) is 7.65. The van der Waals surface area contributed by atoms with Crippen molar-refractivity contribution in [3.63, 3.8) is 0 Å². The van der Waals surface area contributed by atoms with E-state index in [0.29, 0.717) is 0 Å². The number of nitrogens with one attached hydrogen (secondary N) is 1. The molecule has 4 nitrogen and oxygen atoms in total. The van der Waals surface area contributed by atoms with Crippen molar-refractivity contribution in [2.45, 2.75) is 13.3 Å². The second-order valence-electron chi connectivity index (χ2n) is 5.28. The molecule has 2 rings (SSSR count). The monoisotopic (exact) mass is 277 g/mol. The first-order valence-corrected chi connectivity index (χ1v) is 7.65. The van der Waals surface area contributed by atoms with Gasteiger partial charge in [0.2, 0.25) is 0 Å². The van der Waals surface area contributed by atoms with E-state index in [-0.39, 0.29) is 0 Å². The van der Waals surface area contributed by atoms with E-state index in [1.54, 1.807) is 7.11 Å². The molecular formula is C16H27N3O. The minimum atomic E-state index is 0.939. The smallest absolute Gasteiger partial charge is 0.120 e. The molecule has 0 spiro atoms. The lowest BCUT2D eigenvalue weighted by molar-refractivity contribution is 0.258. The molecule has 0 bridgehead atoms. The first kappa shape index (κ1) is 15.1. The standard InChI is InChI=1S/C16H27N3O/c1-3-7-17-8-9-18-10-12-19(13-11-18)15-5-4-6-16(14-15)20-2/h4-6,14,17H,3,7-13H2,1-2H3. The number of methoxy groups -OCH3 is 1. The summed E-state index contributed by atoms with van der Waals surface area (Å²) in [5.74, 6) is 0.939. The van der Waals surface area contributed by atoms with Crippen LogP contribution in [0.25, 0.3) is 0 Å². The molecule has 1 N–H and O–H groups in total. The molecular weight excluding hydrogens is 250 g/mol. The highest BCUT2D eigenvalue weighted by Gasteiger charge is 2.16. The summed E-state index contributed by atoms with van der Waals surface area (Å²) in [6, 6.07) is 8.35. The van der Waals surface area contributed by atoms with Gasteiger partial charge in [0.15, 0.2) is 0 Å². The molecule has 0 radical (unpaired) electrons. The Hall–Kier alpha value is -1.26. The Morgan fingerprint density at radius 1 is 1.15 bits per heavy atom. The SMILES string of the molecule is CCCNCCN1CCN(c2cccc(OC)c2)CC1. The lowest BCUT2D eigenvalue weighted by Crippen LogP contribution is -2.48. The van der Waals surface area contributed by atoms with E-state index in [1.165, 1.54) is 12.1 Å². The maximum atomic E-state index is 5.30. The Morgan fingerprint density at radius 3 is 2.65 bits per heavy atom. The molecule has 0 unspecified atom stereocenters. The van der Waals surface area contributed by atoms with Gasteiger partial charge >= 0.3 is 0 Å². The van der Waals surface area contributed by atoms with Crippen molar-refractivity contribution in [1.82, 2.24) is 10.2 Å². The predicted octanol–water partition coefficient (Wildman–Crippen LogP) is 1.82. The summed E-state index contributed by atoms with van der Waals surface area (Å²) in [5, 5.41) is 3.47. The molecule has 0 aromatic heterocycles. The zero-order chi connectivity index (χ0) is 14.2. The van der Waals surface area contributed by atoms with Gasteiger partial charge in [0.25, 0.3) is 0 Å². The fourth-order valence-electron chi connectivity index (χ4n) is 2.58. The van der Waals surface area contributed by atoms with E-state index in [0.717, 1.165) is 51.6 Å². The van der Waals surface area contributed by atoms with Gasteiger partial charge in [-0.15, -0.1) is 0 Å². The van der Waals surface area contributed by atoms with Crippen LogP contribution < -0.4 is 15.0 Å². The fraction of sp³-hybridized carbons (Fsp3) is 0.625. The summed E-state index contributed by atoms with van der Waals surface area (Å²) < 4.78 is 5.30. The topological polar surface area (TPSA) is 27.7 Å². The summed E-state index contributed by atoms with van der Waals surface area (Å²) in [7, 11) is 1.72. The minimum absolute atomic E-state index is 0.939. The van der Waals surface area contributed by atoms with Crippen LogP contribution in [0.5, 0.6) is 5.75 Å². The van der Waals surface area contributed by atoms with Gasteiger partial charge in [0.05, 0.1) is 7.11 Å². The maximum absolute atomic E-state index is 5.30. The van der Waals surface area contributed by atoms with Crippen LogP contribution in [-0.4, -0.2) is 57.8 Å². The highest BCUT2D eigenvalue weighted by atomic mass is 16.5. The van der Waals surface area contributed by atoms with Crippen molar-refractivity contribution >= 4 is 5.69 Å². The molecule has 1 saturated heterocycles. The molecule has 0 aliphatic carbocycles. The first-order chi connectivity index (χ1) is 9.83. The van der Waals surface area contributed by atoms with E-state index >= 15 is 0 Å². The van der Waals surface area contributed by atoms with Crippen molar-refractivity contribution in [1.29, 1.82) is 0 Å². The molecule has 1 aromatic carbocycles. The molecule has 0 amide bonds. The number of benzene rings is 1. The normalized spacial score (nSPS) is 16.4. The molecule has 4 heteroatoms. The molecule has 20 heavy (non-hydrogen) atoms. The van der Waals surface area contributed by atoms with Gasteiger partial charge in [-0.1, -0.05) is 13.0 Å². The van der Waals surface area contributed by atoms with Crippen molar-refractivity contribution in [3.05, 3.63) is 24.3 Å². The van der Waals surface area contributed by atoms with Crippen LogP contribution in [0.1, 0.15) is 13.3 Å². The van der Waals surface area contributed by atoms with E-state index in [9.17, 15) is 0 Å². The average molecular weight is 277 g/mol. The fourth-order valence-corrected chi connectivity index (χ4v) is 2.58. The number of anilines is 1. The highest BCUT2D eigenvalue weighted by Crippen LogP contribution is 2.21. The van der Waals surface area contributed by atoms with Gasteiger partial charge in [-0.05, 0) is 25.1 Å². The van der Waals surface area contributed by atoms with Gasteiger partial charge in [-0.25, -0.2) is 0 Å². The number of piperazine rings is 1. The van der Waals surface area contributed by atoms with Crippen molar-refractivity contribution in [3.8, 4) is 5.75 Å². The van der Waals surface area contributed by atoms with Crippen LogP contribution in [0.4, 0.5) is 5.69 Å². The second-order valence-corrected chi connectivity index (χ2v) is 5.28. The number of ether oxygens (including phenoxy) is 1. The Kier molecular flexibility index (Phi) is 6.15. The van der Waals surface area contributed by atoms with Gasteiger partial charge in [-0.3, -0.25) is 4.90 Å². The number of nitrogens with zero attached hydrogens (tertiary/aromatic N) is 2. The largest absolute Gasteiger partial charge is 0.497 e. The summed E-state index contributed by atoms with van der Waals surface area (Å²) in [6.45, 7) is 10.1. The molecule has 112 valence electrons. The van der Waals surface area contributed by atoms with E-state index in [2.05, 4.69) is 40.2 Å². The molecule has 1 fully saturated rings. The third-order valence-electron chi connectivity index (χ3n) is 3.82. The van der Waals surface area contributed by atoms with Gasteiger partial charge < -0.3 is 15.0 Å². The Bertz CT molecular complexity index is 389. The minimum Gasteiger partial charge on any atom is -0.497 e. The summed E-state index contributed by atoms with van der Waals surface area (Å²) in [5.41, 5.74) is 1.27. The second kappa shape index (κ2) is 8.12. The molecule has 1 aliphatic heterocycles. The van der Waals surface area contributed by atoms with Crippen molar-refractivity contribution in [2.24, 2.45) is 0 Å². The van der Waals surface area contributed by atoms with Gasteiger partial charge in [0.1, 0.15) is 5.75 Å². The average Bonchev–Trinajstić information content (AvgIpc) is 2.52. The summed E-state index contributed by atoms with van der Waals surface area (Å²) in [6.07, 6.45) is 1.21. The molecule has 0 atom stereocenters. The summed E-state index contributed by atoms with van der Waals surface area (Å²) in [4.78, 5) is 4.98. The van der Waals surface area contributed by atoms with Crippen molar-refractivity contribution < 1.29 is 4.74 Å². The van der Waals surface area contributed by atoms with Crippen LogP contribution in [0.2, 0.25) is 0 Å². The lowest BCUT2D eigenvalue weighted by atomic mass is 10.2. The van der Waals surface area contributed by atoms with Crippen LogP contribution in [0.15, 0.2) is 24.3 Å². The zero-order valence-electron chi connectivity index (χ0n) is 12.8. The van der Waals surface area contributed by atoms with Crippen LogP contribution in [0.3, 0.4) is 0 Å². The number of hydrogen-bond acceptors (Lipinski definition) is 4. The number of rotatable bonds is 7. The van der Waals surface area contributed by atoms with E-state index < -0.39 is 0 Å². The lowest BCUT2D eigenvalue weighted by Gasteiger charge is -2.36. The predicted molar refractivity (Wildman–Crippen MR) is 84.8 cm³/mol. The quantitative estimate of drug-likeness (QED) is 0.769. The van der Waals surface area contributed by atoms with Crippen LogP contribution >= 0.6 is 0 Å². The van der Waals surface area contributed by atoms with Crippen LogP contribution in [-0.2, 0) is 0 Å². The Morgan fingerprint density at radius 2 is 1.95 bits per heavy atom. The molecule has 1 aromatic rings. The highest BCUT2D eigenvalue weighted by molar-refractivity contribution is 5.51. The van der Waals surface area contributed by atoms with E-state index in [4.69, 9.17) is 4.74 Å². The van der Waals surface area contributed by atoms with E-state index in [1.807, 2.05) is 6.07 Å². The molecule has 0 saturated carbocycles. The number of hydrogen-bond donors (Lipinski definition) is 1. The Balaban J connectivity index is 1.76. The van der Waals surface area contributed by atoms with Gasteiger partial charge in [-0.2, -0.15) is 0 Å². The van der Waals surface area contributed by atoms with Crippen LogP contribution in [0, 0.1) is 0 Å². The Labute approximate surface area is 122 Å².